The zero-order valence-electron chi connectivity index (χ0n) is 17.2. The van der Waals surface area contributed by atoms with Gasteiger partial charge >= 0.3 is 0 Å². The van der Waals surface area contributed by atoms with Gasteiger partial charge < -0.3 is 4.74 Å². The molecule has 24 heavy (non-hydrogen) atoms. The summed E-state index contributed by atoms with van der Waals surface area (Å²) in [7, 11) is 0. The van der Waals surface area contributed by atoms with E-state index in [0.717, 1.165) is 13.2 Å². The molecule has 0 radical (unpaired) electrons. The van der Waals surface area contributed by atoms with Gasteiger partial charge in [0, 0.05) is 13.2 Å². The van der Waals surface area contributed by atoms with E-state index in [0.29, 0.717) is 5.41 Å². The van der Waals surface area contributed by atoms with Gasteiger partial charge in [0.05, 0.1) is 0 Å². The molecular weight excluding hydrogens is 292 g/mol. The fraction of sp³-hybridized carbons (Fsp3) is 0.913. The molecule has 0 aromatic carbocycles. The number of hydrogen-bond donors (Lipinski definition) is 0. The lowest BCUT2D eigenvalue weighted by atomic mass is 9.91. The third kappa shape index (κ3) is 21.7. The molecule has 0 heterocycles. The second kappa shape index (κ2) is 17.5. The molecule has 0 aromatic rings. The van der Waals surface area contributed by atoms with E-state index in [4.69, 9.17) is 4.74 Å². The van der Waals surface area contributed by atoms with Crippen LogP contribution < -0.4 is 0 Å². The van der Waals surface area contributed by atoms with Crippen molar-refractivity contribution in [3.8, 4) is 0 Å². The zero-order chi connectivity index (χ0) is 17.9. The Bertz CT molecular complexity index is 251. The lowest BCUT2D eigenvalue weighted by Crippen LogP contribution is -2.07. The van der Waals surface area contributed by atoms with E-state index >= 15 is 0 Å². The predicted molar refractivity (Wildman–Crippen MR) is 110 cm³/mol. The van der Waals surface area contributed by atoms with Crippen molar-refractivity contribution in [2.75, 3.05) is 13.2 Å². The van der Waals surface area contributed by atoms with E-state index in [1.165, 1.54) is 96.3 Å². The highest BCUT2D eigenvalue weighted by atomic mass is 16.5. The van der Waals surface area contributed by atoms with Crippen LogP contribution in [0.2, 0.25) is 0 Å². The molecule has 0 fully saturated rings. The molecule has 1 heteroatoms. The summed E-state index contributed by atoms with van der Waals surface area (Å²) in [5.74, 6) is 0. The van der Waals surface area contributed by atoms with Crippen LogP contribution in [0, 0.1) is 5.41 Å². The van der Waals surface area contributed by atoms with Crippen molar-refractivity contribution >= 4 is 0 Å². The number of ether oxygens (including phenoxy) is 1. The first kappa shape index (κ1) is 23.7. The summed E-state index contributed by atoms with van der Waals surface area (Å²) in [4.78, 5) is 0. The van der Waals surface area contributed by atoms with Gasteiger partial charge in [0.1, 0.15) is 0 Å². The first-order chi connectivity index (χ1) is 11.6. The first-order valence-corrected chi connectivity index (χ1v) is 10.7. The highest BCUT2D eigenvalue weighted by Gasteiger charge is 2.08. The Balaban J connectivity index is 3.01. The fourth-order valence-electron chi connectivity index (χ4n) is 3.07. The van der Waals surface area contributed by atoms with Crippen molar-refractivity contribution in [1.82, 2.24) is 0 Å². The van der Waals surface area contributed by atoms with Crippen molar-refractivity contribution in [2.24, 2.45) is 5.41 Å². The van der Waals surface area contributed by atoms with E-state index in [1.54, 1.807) is 0 Å². The Hall–Kier alpha value is -0.300. The topological polar surface area (TPSA) is 9.23 Å². The monoisotopic (exact) mass is 338 g/mol. The van der Waals surface area contributed by atoms with E-state index < -0.39 is 0 Å². The van der Waals surface area contributed by atoms with Crippen molar-refractivity contribution < 1.29 is 4.74 Å². The van der Waals surface area contributed by atoms with Crippen molar-refractivity contribution in [3.63, 3.8) is 0 Å². The van der Waals surface area contributed by atoms with Gasteiger partial charge in [0.25, 0.3) is 0 Å². The maximum Gasteiger partial charge on any atom is 0.0466 e. The van der Waals surface area contributed by atoms with Gasteiger partial charge in [-0.05, 0) is 37.5 Å². The third-order valence-corrected chi connectivity index (χ3v) is 4.66. The minimum absolute atomic E-state index is 0.453. The van der Waals surface area contributed by atoms with Crippen LogP contribution in [-0.2, 0) is 4.74 Å². The lowest BCUT2D eigenvalue weighted by molar-refractivity contribution is 0.118. The van der Waals surface area contributed by atoms with Gasteiger partial charge in [-0.3, -0.25) is 0 Å². The molecule has 0 unspecified atom stereocenters. The molecule has 0 aliphatic heterocycles. The van der Waals surface area contributed by atoms with E-state index in [2.05, 4.69) is 27.4 Å². The number of allylic oxidation sites excluding steroid dienone is 1. The van der Waals surface area contributed by atoms with E-state index in [1.807, 2.05) is 6.08 Å². The van der Waals surface area contributed by atoms with E-state index in [-0.39, 0.29) is 0 Å². The Morgan fingerprint density at radius 1 is 0.625 bits per heavy atom. The van der Waals surface area contributed by atoms with Crippen molar-refractivity contribution in [1.29, 1.82) is 0 Å². The second-order valence-electron chi connectivity index (χ2n) is 8.60. The molecular formula is C23H46O. The Morgan fingerprint density at radius 2 is 1.04 bits per heavy atom. The fourth-order valence-corrected chi connectivity index (χ4v) is 3.07. The Morgan fingerprint density at radius 3 is 1.50 bits per heavy atom. The van der Waals surface area contributed by atoms with Crippen LogP contribution in [0.25, 0.3) is 0 Å². The van der Waals surface area contributed by atoms with Gasteiger partial charge in [-0.25, -0.2) is 0 Å². The molecule has 0 amide bonds. The number of unbranched alkanes of at least 4 members (excludes halogenated alkanes) is 12. The van der Waals surface area contributed by atoms with Gasteiger partial charge in [-0.15, -0.1) is 6.58 Å². The highest BCUT2D eigenvalue weighted by Crippen LogP contribution is 2.20. The summed E-state index contributed by atoms with van der Waals surface area (Å²) in [6.07, 6.45) is 22.5. The molecule has 0 N–H and O–H groups in total. The van der Waals surface area contributed by atoms with Gasteiger partial charge in [-0.2, -0.15) is 0 Å². The average molecular weight is 339 g/mol. The quantitative estimate of drug-likeness (QED) is 0.181. The molecule has 0 aromatic heterocycles. The van der Waals surface area contributed by atoms with Gasteiger partial charge in [-0.1, -0.05) is 91.1 Å². The average Bonchev–Trinajstić information content (AvgIpc) is 2.52. The van der Waals surface area contributed by atoms with E-state index in [9.17, 15) is 0 Å². The van der Waals surface area contributed by atoms with Gasteiger partial charge in [0.15, 0.2) is 0 Å². The number of hydrogen-bond acceptors (Lipinski definition) is 1. The first-order valence-electron chi connectivity index (χ1n) is 10.7. The SMILES string of the molecule is C=CCCCCCCCCCCCCCCOCCCC(C)(C)C. The molecule has 144 valence electrons. The molecule has 0 bridgehead atoms. The molecule has 0 saturated carbocycles. The van der Waals surface area contributed by atoms with Gasteiger partial charge in [0.2, 0.25) is 0 Å². The minimum Gasteiger partial charge on any atom is -0.381 e. The van der Waals surface area contributed by atoms with Crippen molar-refractivity contribution in [3.05, 3.63) is 12.7 Å². The summed E-state index contributed by atoms with van der Waals surface area (Å²) in [5, 5.41) is 0. The zero-order valence-corrected chi connectivity index (χ0v) is 17.2. The molecule has 0 atom stereocenters. The maximum absolute atomic E-state index is 5.73. The van der Waals surface area contributed by atoms with Crippen LogP contribution in [0.1, 0.15) is 117 Å². The standard InChI is InChI=1S/C23H46O/c1-5-6-7-8-9-10-11-12-13-14-15-16-17-18-21-24-22-19-20-23(2,3)4/h5H,1,6-22H2,2-4H3. The van der Waals surface area contributed by atoms with Crippen LogP contribution in [0.3, 0.4) is 0 Å². The Labute approximate surface area is 153 Å². The largest absolute Gasteiger partial charge is 0.381 e. The molecule has 1 nitrogen and oxygen atoms in total. The molecule has 0 aliphatic carbocycles. The summed E-state index contributed by atoms with van der Waals surface area (Å²) in [6.45, 7) is 12.6. The molecule has 0 saturated heterocycles. The predicted octanol–water partition coefficient (Wildman–Crippen LogP) is 8.09. The normalized spacial score (nSPS) is 11.8. The van der Waals surface area contributed by atoms with Crippen LogP contribution >= 0.6 is 0 Å². The minimum atomic E-state index is 0.453. The second-order valence-corrected chi connectivity index (χ2v) is 8.60. The maximum atomic E-state index is 5.73. The number of rotatable bonds is 18. The van der Waals surface area contributed by atoms with Crippen molar-refractivity contribution in [2.45, 2.75) is 117 Å². The van der Waals surface area contributed by atoms with Crippen LogP contribution in [-0.4, -0.2) is 13.2 Å². The summed E-state index contributed by atoms with van der Waals surface area (Å²) < 4.78 is 5.73. The lowest BCUT2D eigenvalue weighted by Gasteiger charge is -2.17. The molecule has 0 aliphatic rings. The van der Waals surface area contributed by atoms with Crippen LogP contribution in [0.5, 0.6) is 0 Å². The highest BCUT2D eigenvalue weighted by molar-refractivity contribution is 4.65. The third-order valence-electron chi connectivity index (χ3n) is 4.66. The molecule has 0 spiro atoms. The summed E-state index contributed by atoms with van der Waals surface area (Å²) >= 11 is 0. The summed E-state index contributed by atoms with van der Waals surface area (Å²) in [6, 6.07) is 0. The van der Waals surface area contributed by atoms with Crippen LogP contribution in [0.4, 0.5) is 0 Å². The summed E-state index contributed by atoms with van der Waals surface area (Å²) in [5.41, 5.74) is 0.453. The Kier molecular flexibility index (Phi) is 17.3. The molecule has 0 rings (SSSR count). The van der Waals surface area contributed by atoms with Crippen LogP contribution in [0.15, 0.2) is 12.7 Å². The smallest absolute Gasteiger partial charge is 0.0466 e.